The number of hydrogen-bond acceptors (Lipinski definition) is 4. The number of carbonyl (C=O) groups excluding carboxylic acids is 1. The van der Waals surface area contributed by atoms with Gasteiger partial charge in [-0.3, -0.25) is 0 Å². The van der Waals surface area contributed by atoms with E-state index in [-0.39, 0.29) is 17.9 Å². The number of carbonyl (C=O) groups is 1. The molecule has 1 saturated heterocycles. The van der Waals surface area contributed by atoms with E-state index in [1.807, 2.05) is 6.07 Å². The lowest BCUT2D eigenvalue weighted by molar-refractivity contribution is 0.134. The van der Waals surface area contributed by atoms with Gasteiger partial charge in [-0.25, -0.2) is 4.79 Å². The van der Waals surface area contributed by atoms with Crippen LogP contribution in [0.5, 0.6) is 5.75 Å². The number of ether oxygens (including phenoxy) is 1. The Morgan fingerprint density at radius 2 is 2.38 bits per heavy atom. The van der Waals surface area contributed by atoms with Crippen molar-refractivity contribution in [2.75, 3.05) is 13.1 Å². The number of rotatable bonds is 3. The molecule has 16 heavy (non-hydrogen) atoms. The third-order valence-electron chi connectivity index (χ3n) is 2.50. The summed E-state index contributed by atoms with van der Waals surface area (Å²) in [6, 6.07) is 6.81. The Morgan fingerprint density at radius 3 is 3.00 bits per heavy atom. The first-order chi connectivity index (χ1) is 7.69. The molecule has 1 aliphatic rings. The van der Waals surface area contributed by atoms with Crippen molar-refractivity contribution in [2.45, 2.75) is 12.6 Å². The molecule has 0 aliphatic carbocycles. The predicted molar refractivity (Wildman–Crippen MR) is 57.8 cm³/mol. The van der Waals surface area contributed by atoms with Gasteiger partial charge in [0.1, 0.15) is 11.9 Å². The first kappa shape index (κ1) is 10.8. The van der Waals surface area contributed by atoms with E-state index < -0.39 is 0 Å². The molecule has 3 N–H and O–H groups in total. The lowest BCUT2D eigenvalue weighted by Crippen LogP contribution is -2.27. The Bertz CT molecular complexity index is 395. The summed E-state index contributed by atoms with van der Waals surface area (Å²) in [5, 5.41) is 9.30. The Balaban J connectivity index is 2.03. The summed E-state index contributed by atoms with van der Waals surface area (Å²) >= 11 is 0. The van der Waals surface area contributed by atoms with Crippen LogP contribution in [0.3, 0.4) is 0 Å². The van der Waals surface area contributed by atoms with E-state index in [0.717, 1.165) is 5.56 Å². The van der Waals surface area contributed by atoms with Crippen molar-refractivity contribution < 1.29 is 14.6 Å². The monoisotopic (exact) mass is 222 g/mol. The fourth-order valence-electron chi connectivity index (χ4n) is 1.70. The molecule has 0 spiro atoms. The van der Waals surface area contributed by atoms with Crippen molar-refractivity contribution in [3.8, 4) is 5.75 Å². The molecule has 5 nitrogen and oxygen atoms in total. The molecule has 0 unspecified atom stereocenters. The fraction of sp³-hybridized carbons (Fsp3) is 0.364. The zero-order valence-electron chi connectivity index (χ0n) is 8.80. The second-order valence-electron chi connectivity index (χ2n) is 3.79. The molecule has 2 rings (SSSR count). The Kier molecular flexibility index (Phi) is 2.96. The molecule has 1 aliphatic heterocycles. The molecular formula is C11H14N2O3. The number of cyclic esters (lactones) is 1. The average Bonchev–Trinajstić information content (AvgIpc) is 2.60. The Hall–Kier alpha value is -1.75. The minimum atomic E-state index is -0.348. The van der Waals surface area contributed by atoms with Gasteiger partial charge >= 0.3 is 6.09 Å². The topological polar surface area (TPSA) is 75.8 Å². The number of benzene rings is 1. The number of phenols is 1. The number of aromatic hydroxyl groups is 1. The summed E-state index contributed by atoms with van der Waals surface area (Å²) in [6.45, 7) is 1.27. The molecule has 0 saturated carbocycles. The van der Waals surface area contributed by atoms with Crippen LogP contribution in [-0.2, 0) is 11.3 Å². The molecule has 86 valence electrons. The van der Waals surface area contributed by atoms with Gasteiger partial charge in [0, 0.05) is 13.1 Å². The van der Waals surface area contributed by atoms with Crippen molar-refractivity contribution in [3.05, 3.63) is 29.8 Å². The summed E-state index contributed by atoms with van der Waals surface area (Å²) in [6.07, 6.45) is -0.566. The van der Waals surface area contributed by atoms with E-state index >= 15 is 0 Å². The van der Waals surface area contributed by atoms with Crippen molar-refractivity contribution in [1.29, 1.82) is 0 Å². The fourth-order valence-corrected chi connectivity index (χ4v) is 1.70. The van der Waals surface area contributed by atoms with E-state index in [1.54, 1.807) is 23.1 Å². The van der Waals surface area contributed by atoms with Gasteiger partial charge in [-0.15, -0.1) is 0 Å². The van der Waals surface area contributed by atoms with E-state index in [9.17, 15) is 9.90 Å². The molecule has 1 aromatic rings. The Morgan fingerprint density at radius 1 is 1.56 bits per heavy atom. The predicted octanol–water partition coefficient (Wildman–Crippen LogP) is 0.672. The maximum atomic E-state index is 11.4. The smallest absolute Gasteiger partial charge is 0.410 e. The van der Waals surface area contributed by atoms with Gasteiger partial charge in [0.2, 0.25) is 0 Å². The molecule has 1 heterocycles. The van der Waals surface area contributed by atoms with Gasteiger partial charge in [-0.1, -0.05) is 12.1 Å². The summed E-state index contributed by atoms with van der Waals surface area (Å²) in [5.74, 6) is 0.195. The molecule has 0 radical (unpaired) electrons. The maximum Gasteiger partial charge on any atom is 0.410 e. The second-order valence-corrected chi connectivity index (χ2v) is 3.79. The van der Waals surface area contributed by atoms with Crippen LogP contribution in [0.2, 0.25) is 0 Å². The minimum Gasteiger partial charge on any atom is -0.508 e. The molecule has 1 fully saturated rings. The first-order valence-electron chi connectivity index (χ1n) is 5.12. The zero-order valence-corrected chi connectivity index (χ0v) is 8.80. The van der Waals surface area contributed by atoms with E-state index in [1.165, 1.54) is 0 Å². The van der Waals surface area contributed by atoms with Crippen molar-refractivity contribution in [2.24, 2.45) is 5.73 Å². The largest absolute Gasteiger partial charge is 0.508 e. The summed E-state index contributed by atoms with van der Waals surface area (Å²) < 4.78 is 5.03. The number of phenolic OH excluding ortho intramolecular Hbond substituents is 1. The third kappa shape index (κ3) is 2.25. The molecule has 1 atom stereocenters. The van der Waals surface area contributed by atoms with Crippen molar-refractivity contribution in [3.63, 3.8) is 0 Å². The highest BCUT2D eigenvalue weighted by Gasteiger charge is 2.29. The van der Waals surface area contributed by atoms with Crippen LogP contribution in [0.25, 0.3) is 0 Å². The second kappa shape index (κ2) is 4.40. The normalized spacial score (nSPS) is 19.9. The number of nitrogens with two attached hydrogens (primary N) is 1. The minimum absolute atomic E-state index is 0.195. The molecule has 1 aromatic carbocycles. The first-order valence-corrected chi connectivity index (χ1v) is 5.12. The van der Waals surface area contributed by atoms with Crippen molar-refractivity contribution >= 4 is 6.09 Å². The molecule has 1 amide bonds. The summed E-state index contributed by atoms with van der Waals surface area (Å²) in [4.78, 5) is 13.0. The van der Waals surface area contributed by atoms with Gasteiger partial charge in [-0.2, -0.15) is 0 Å². The van der Waals surface area contributed by atoms with E-state index in [2.05, 4.69) is 0 Å². The van der Waals surface area contributed by atoms with Gasteiger partial charge in [-0.05, 0) is 17.7 Å². The molecule has 0 aromatic heterocycles. The highest BCUT2D eigenvalue weighted by atomic mass is 16.6. The lowest BCUT2D eigenvalue weighted by atomic mass is 10.2. The van der Waals surface area contributed by atoms with Gasteiger partial charge in [0.25, 0.3) is 0 Å². The van der Waals surface area contributed by atoms with Crippen LogP contribution >= 0.6 is 0 Å². The highest BCUT2D eigenvalue weighted by molar-refractivity contribution is 5.70. The number of amides is 1. The molecular weight excluding hydrogens is 208 g/mol. The summed E-state index contributed by atoms with van der Waals surface area (Å²) in [5.41, 5.74) is 6.30. The summed E-state index contributed by atoms with van der Waals surface area (Å²) in [7, 11) is 0. The highest BCUT2D eigenvalue weighted by Crippen LogP contribution is 2.17. The van der Waals surface area contributed by atoms with E-state index in [0.29, 0.717) is 19.6 Å². The average molecular weight is 222 g/mol. The van der Waals surface area contributed by atoms with Crippen LogP contribution in [0.1, 0.15) is 5.56 Å². The van der Waals surface area contributed by atoms with Gasteiger partial charge in [0.05, 0.1) is 6.54 Å². The SMILES string of the molecule is NC[C@H]1CN(Cc2cccc(O)c2)C(=O)O1. The van der Waals surface area contributed by atoms with E-state index in [4.69, 9.17) is 10.5 Å². The lowest BCUT2D eigenvalue weighted by Gasteiger charge is -2.12. The number of nitrogens with zero attached hydrogens (tertiary/aromatic N) is 1. The standard InChI is InChI=1S/C11H14N2O3/c12-5-10-7-13(11(15)16-10)6-8-2-1-3-9(14)4-8/h1-4,10,14H,5-7,12H2/t10-/m0/s1. The number of hydrogen-bond donors (Lipinski definition) is 2. The quantitative estimate of drug-likeness (QED) is 0.788. The van der Waals surface area contributed by atoms with Crippen LogP contribution in [-0.4, -0.2) is 35.3 Å². The van der Waals surface area contributed by atoms with Crippen molar-refractivity contribution in [1.82, 2.24) is 4.90 Å². The van der Waals surface area contributed by atoms with Gasteiger partial charge < -0.3 is 20.5 Å². The van der Waals surface area contributed by atoms with Crippen LogP contribution in [0.15, 0.2) is 24.3 Å². The zero-order chi connectivity index (χ0) is 11.5. The molecule has 0 bridgehead atoms. The molecule has 5 heteroatoms. The van der Waals surface area contributed by atoms with Crippen LogP contribution in [0, 0.1) is 0 Å². The maximum absolute atomic E-state index is 11.4. The van der Waals surface area contributed by atoms with Crippen LogP contribution < -0.4 is 5.73 Å². The van der Waals surface area contributed by atoms with Crippen LogP contribution in [0.4, 0.5) is 4.79 Å². The third-order valence-corrected chi connectivity index (χ3v) is 2.50. The van der Waals surface area contributed by atoms with Gasteiger partial charge in [0.15, 0.2) is 0 Å². The Labute approximate surface area is 93.4 Å².